The smallest absolute Gasteiger partial charge is 0.267 e. The highest BCUT2D eigenvalue weighted by molar-refractivity contribution is 9.10. The minimum absolute atomic E-state index is 0.0954. The number of furan rings is 1. The highest BCUT2D eigenvalue weighted by atomic mass is 79.9. The van der Waals surface area contributed by atoms with E-state index >= 15 is 0 Å². The first-order chi connectivity index (χ1) is 14.1. The van der Waals surface area contributed by atoms with E-state index in [1.165, 1.54) is 22.9 Å². The zero-order chi connectivity index (χ0) is 20.2. The van der Waals surface area contributed by atoms with E-state index in [9.17, 15) is 9.90 Å². The van der Waals surface area contributed by atoms with Crippen molar-refractivity contribution in [2.75, 3.05) is 0 Å². The van der Waals surface area contributed by atoms with E-state index in [1.807, 2.05) is 23.6 Å². The molecule has 1 aliphatic rings. The van der Waals surface area contributed by atoms with Gasteiger partial charge in [0.05, 0.1) is 23.9 Å². The van der Waals surface area contributed by atoms with Gasteiger partial charge in [-0.15, -0.1) is 16.4 Å². The maximum atomic E-state index is 12.9. The average Bonchev–Trinajstić information content (AvgIpc) is 3.45. The number of amidine groups is 1. The van der Waals surface area contributed by atoms with E-state index in [0.29, 0.717) is 21.4 Å². The van der Waals surface area contributed by atoms with Crippen molar-refractivity contribution in [1.82, 2.24) is 4.90 Å². The second kappa shape index (κ2) is 8.81. The summed E-state index contributed by atoms with van der Waals surface area (Å²) in [5.74, 6) is 0.592. The molecular weight excluding hydrogens is 474 g/mol. The molecule has 4 rings (SSSR count). The third-order valence-corrected chi connectivity index (χ3v) is 6.24. The summed E-state index contributed by atoms with van der Waals surface area (Å²) in [5, 5.41) is 20.6. The number of halogens is 1. The lowest BCUT2D eigenvalue weighted by Gasteiger charge is -2.12. The molecule has 0 unspecified atom stereocenters. The molecule has 1 fully saturated rings. The zero-order valence-electron chi connectivity index (χ0n) is 14.9. The molecule has 0 aliphatic carbocycles. The lowest BCUT2D eigenvalue weighted by atomic mass is 10.2. The van der Waals surface area contributed by atoms with Crippen LogP contribution in [0.5, 0.6) is 5.75 Å². The summed E-state index contributed by atoms with van der Waals surface area (Å²) in [6.07, 6.45) is 4.86. The summed E-state index contributed by atoms with van der Waals surface area (Å²) in [6.45, 7) is 0.261. The van der Waals surface area contributed by atoms with Gasteiger partial charge in [-0.2, -0.15) is 5.10 Å². The van der Waals surface area contributed by atoms with Crippen LogP contribution in [0.3, 0.4) is 0 Å². The van der Waals surface area contributed by atoms with Crippen LogP contribution in [0.25, 0.3) is 6.08 Å². The second-order valence-electron chi connectivity index (χ2n) is 5.93. The molecule has 1 N–H and O–H groups in total. The van der Waals surface area contributed by atoms with Crippen LogP contribution in [0.15, 0.2) is 78.1 Å². The van der Waals surface area contributed by atoms with E-state index in [-0.39, 0.29) is 18.2 Å². The Bertz CT molecular complexity index is 1110. The summed E-state index contributed by atoms with van der Waals surface area (Å²) >= 11 is 6.17. The Morgan fingerprint density at radius 3 is 2.90 bits per heavy atom. The van der Waals surface area contributed by atoms with Crippen LogP contribution in [0.1, 0.15) is 16.2 Å². The van der Waals surface area contributed by atoms with Crippen molar-refractivity contribution in [2.24, 2.45) is 10.2 Å². The number of phenols is 1. The van der Waals surface area contributed by atoms with Crippen molar-refractivity contribution in [3.63, 3.8) is 0 Å². The van der Waals surface area contributed by atoms with E-state index in [4.69, 9.17) is 4.42 Å². The van der Waals surface area contributed by atoms with E-state index in [1.54, 1.807) is 47.9 Å². The van der Waals surface area contributed by atoms with Crippen LogP contribution in [0.4, 0.5) is 0 Å². The monoisotopic (exact) mass is 487 g/mol. The molecule has 1 amide bonds. The van der Waals surface area contributed by atoms with Gasteiger partial charge < -0.3 is 9.52 Å². The third-order valence-electron chi connectivity index (χ3n) is 3.93. The van der Waals surface area contributed by atoms with E-state index < -0.39 is 0 Å². The number of amides is 1. The highest BCUT2D eigenvalue weighted by Crippen LogP contribution is 2.34. The minimum atomic E-state index is -0.154. The Morgan fingerprint density at radius 1 is 1.24 bits per heavy atom. The molecule has 9 heteroatoms. The molecule has 0 saturated carbocycles. The van der Waals surface area contributed by atoms with Gasteiger partial charge >= 0.3 is 0 Å². The summed E-state index contributed by atoms with van der Waals surface area (Å²) < 4.78 is 6.20. The van der Waals surface area contributed by atoms with Gasteiger partial charge in [0.1, 0.15) is 11.5 Å². The SMILES string of the molecule is O=C1/C(=C/c2cccs2)S/C(=N/N=C\c2cc(Br)ccc2O)N1Cc1ccco1. The molecule has 146 valence electrons. The first-order valence-corrected chi connectivity index (χ1v) is 11.0. The molecule has 0 atom stereocenters. The van der Waals surface area contributed by atoms with Gasteiger partial charge in [0.2, 0.25) is 0 Å². The second-order valence-corrected chi connectivity index (χ2v) is 8.83. The molecule has 0 bridgehead atoms. The third kappa shape index (κ3) is 4.69. The Balaban J connectivity index is 1.62. The van der Waals surface area contributed by atoms with Gasteiger partial charge in [0, 0.05) is 14.9 Å². The van der Waals surface area contributed by atoms with Crippen LogP contribution in [0, 0.1) is 0 Å². The van der Waals surface area contributed by atoms with Crippen molar-refractivity contribution in [3.05, 3.63) is 79.7 Å². The van der Waals surface area contributed by atoms with Crippen LogP contribution < -0.4 is 0 Å². The highest BCUT2D eigenvalue weighted by Gasteiger charge is 2.34. The molecule has 0 spiro atoms. The number of thioether (sulfide) groups is 1. The number of hydrogen-bond acceptors (Lipinski definition) is 7. The molecule has 6 nitrogen and oxygen atoms in total. The van der Waals surface area contributed by atoms with E-state index in [0.717, 1.165) is 9.35 Å². The lowest BCUT2D eigenvalue weighted by Crippen LogP contribution is -2.28. The first kappa shape index (κ1) is 19.7. The Hall–Kier alpha value is -2.62. The van der Waals surface area contributed by atoms with Crippen molar-refractivity contribution in [2.45, 2.75) is 6.54 Å². The number of carbonyl (C=O) groups is 1. The largest absolute Gasteiger partial charge is 0.507 e. The van der Waals surface area contributed by atoms with Crippen LogP contribution in [-0.4, -0.2) is 27.3 Å². The Labute approximate surface area is 183 Å². The predicted octanol–water partition coefficient (Wildman–Crippen LogP) is 5.32. The molecule has 1 aliphatic heterocycles. The van der Waals surface area contributed by atoms with Crippen LogP contribution in [0.2, 0.25) is 0 Å². The molecule has 2 aromatic heterocycles. The molecule has 3 aromatic rings. The molecule has 0 radical (unpaired) electrons. The maximum absolute atomic E-state index is 12.9. The summed E-state index contributed by atoms with van der Waals surface area (Å²) in [4.78, 5) is 16.0. The number of thiophene rings is 1. The standard InChI is InChI=1S/C20H14BrN3O3S2/c21-14-5-6-17(25)13(9-14)11-22-23-20-24(12-15-3-1-7-27-15)19(26)18(29-20)10-16-4-2-8-28-16/h1-11,25H,12H2/b18-10-,22-11-,23-20+. The van der Waals surface area contributed by atoms with E-state index in [2.05, 4.69) is 26.1 Å². The van der Waals surface area contributed by atoms with Crippen molar-refractivity contribution >= 4 is 62.4 Å². The normalized spacial score (nSPS) is 17.3. The summed E-state index contributed by atoms with van der Waals surface area (Å²) in [5.41, 5.74) is 0.519. The molecular formula is C20H14BrN3O3S2. The number of rotatable bonds is 5. The first-order valence-electron chi connectivity index (χ1n) is 8.47. The molecule has 29 heavy (non-hydrogen) atoms. The number of nitrogens with zero attached hydrogens (tertiary/aromatic N) is 3. The Kier molecular flexibility index (Phi) is 5.98. The number of aromatic hydroxyl groups is 1. The number of carbonyl (C=O) groups excluding carboxylic acids is 1. The van der Waals surface area contributed by atoms with Gasteiger partial charge in [-0.1, -0.05) is 22.0 Å². The minimum Gasteiger partial charge on any atom is -0.507 e. The van der Waals surface area contributed by atoms with Crippen LogP contribution in [-0.2, 0) is 11.3 Å². The van der Waals surface area contributed by atoms with Crippen molar-refractivity contribution < 1.29 is 14.3 Å². The maximum Gasteiger partial charge on any atom is 0.267 e. The predicted molar refractivity (Wildman–Crippen MR) is 120 cm³/mol. The average molecular weight is 488 g/mol. The fraction of sp³-hybridized carbons (Fsp3) is 0.0500. The summed E-state index contributed by atoms with van der Waals surface area (Å²) in [7, 11) is 0. The summed E-state index contributed by atoms with van der Waals surface area (Å²) in [6, 6.07) is 12.5. The van der Waals surface area contributed by atoms with Gasteiger partial charge in [-0.05, 0) is 59.6 Å². The van der Waals surface area contributed by atoms with Crippen molar-refractivity contribution in [1.29, 1.82) is 0 Å². The van der Waals surface area contributed by atoms with Gasteiger partial charge in [0.15, 0.2) is 5.17 Å². The molecule has 1 aromatic carbocycles. The number of benzene rings is 1. The quantitative estimate of drug-likeness (QED) is 0.300. The molecule has 3 heterocycles. The fourth-order valence-electron chi connectivity index (χ4n) is 2.55. The van der Waals surface area contributed by atoms with Crippen molar-refractivity contribution in [3.8, 4) is 5.75 Å². The lowest BCUT2D eigenvalue weighted by molar-refractivity contribution is -0.122. The van der Waals surface area contributed by atoms with Gasteiger partial charge in [0.25, 0.3) is 5.91 Å². The molecule has 1 saturated heterocycles. The Morgan fingerprint density at radius 2 is 2.14 bits per heavy atom. The number of hydrogen-bond donors (Lipinski definition) is 1. The van der Waals surface area contributed by atoms with Gasteiger partial charge in [-0.3, -0.25) is 9.69 Å². The fourth-order valence-corrected chi connectivity index (χ4v) is 4.59. The zero-order valence-corrected chi connectivity index (χ0v) is 18.1. The van der Waals surface area contributed by atoms with Crippen LogP contribution >= 0.6 is 39.0 Å². The van der Waals surface area contributed by atoms with Gasteiger partial charge in [-0.25, -0.2) is 0 Å². The number of phenolic OH excluding ortho intramolecular Hbond substituents is 1. The topological polar surface area (TPSA) is 78.4 Å².